The molecule has 1 saturated heterocycles. The van der Waals surface area contributed by atoms with E-state index >= 15 is 0 Å². The quantitative estimate of drug-likeness (QED) is 0.753. The number of hydrogen-bond donors (Lipinski definition) is 1. The standard InChI is InChI=1S/C21H25N5O/c1-14(2)12-26-13-23-19-20(26)16-11-15(7-8-17(16)24-21(19)22)5-3-9-25-10-4-6-18(25)27/h3,5,7-8,11,13-14H,4,6,9-10,12H2,1-2H3,(H2,22,24). The molecule has 6 nitrogen and oxygen atoms in total. The Balaban J connectivity index is 1.71. The van der Waals surface area contributed by atoms with Gasteiger partial charge in [-0.1, -0.05) is 32.1 Å². The van der Waals surface area contributed by atoms with E-state index in [0.717, 1.165) is 47.0 Å². The minimum Gasteiger partial charge on any atom is -0.382 e. The third kappa shape index (κ3) is 3.39. The number of nitrogens with two attached hydrogens (primary N) is 1. The number of fused-ring (bicyclic) bond motifs is 3. The predicted octanol–water partition coefficient (Wildman–Crippen LogP) is 3.46. The van der Waals surface area contributed by atoms with Gasteiger partial charge in [0.1, 0.15) is 5.52 Å². The molecule has 0 bridgehead atoms. The van der Waals surface area contributed by atoms with E-state index in [4.69, 9.17) is 5.73 Å². The first-order valence-electron chi connectivity index (χ1n) is 9.51. The van der Waals surface area contributed by atoms with Gasteiger partial charge in [0.25, 0.3) is 0 Å². The molecule has 0 spiro atoms. The van der Waals surface area contributed by atoms with Crippen molar-refractivity contribution >= 4 is 39.7 Å². The summed E-state index contributed by atoms with van der Waals surface area (Å²) < 4.78 is 2.16. The molecule has 0 saturated carbocycles. The van der Waals surface area contributed by atoms with Crippen LogP contribution in [0.2, 0.25) is 0 Å². The molecule has 140 valence electrons. The molecule has 27 heavy (non-hydrogen) atoms. The number of likely N-dealkylation sites (tertiary alicyclic amines) is 1. The van der Waals surface area contributed by atoms with Crippen LogP contribution >= 0.6 is 0 Å². The second-order valence-electron chi connectivity index (χ2n) is 7.61. The zero-order valence-electron chi connectivity index (χ0n) is 15.9. The summed E-state index contributed by atoms with van der Waals surface area (Å²) in [4.78, 5) is 22.6. The molecule has 3 heterocycles. The molecule has 2 aromatic heterocycles. The van der Waals surface area contributed by atoms with Gasteiger partial charge in [-0.15, -0.1) is 0 Å². The Kier molecular flexibility index (Phi) is 4.56. The number of rotatable bonds is 5. The maximum Gasteiger partial charge on any atom is 0.222 e. The fourth-order valence-electron chi connectivity index (χ4n) is 3.72. The molecule has 1 aromatic carbocycles. The number of imidazole rings is 1. The van der Waals surface area contributed by atoms with Gasteiger partial charge in [0, 0.05) is 31.4 Å². The average Bonchev–Trinajstić information content (AvgIpc) is 3.22. The molecule has 2 N–H and O–H groups in total. The zero-order valence-corrected chi connectivity index (χ0v) is 15.9. The largest absolute Gasteiger partial charge is 0.382 e. The number of carbonyl (C=O) groups is 1. The maximum atomic E-state index is 11.7. The minimum atomic E-state index is 0.247. The van der Waals surface area contributed by atoms with Crippen molar-refractivity contribution in [3.8, 4) is 0 Å². The van der Waals surface area contributed by atoms with Gasteiger partial charge in [0.15, 0.2) is 5.82 Å². The number of amides is 1. The normalized spacial score (nSPS) is 15.2. The van der Waals surface area contributed by atoms with Gasteiger partial charge in [0.05, 0.1) is 17.4 Å². The average molecular weight is 363 g/mol. The van der Waals surface area contributed by atoms with Gasteiger partial charge in [-0.25, -0.2) is 9.97 Å². The lowest BCUT2D eigenvalue weighted by molar-refractivity contribution is -0.127. The molecule has 0 radical (unpaired) electrons. The number of pyridine rings is 1. The van der Waals surface area contributed by atoms with E-state index in [1.807, 2.05) is 23.4 Å². The van der Waals surface area contributed by atoms with Crippen LogP contribution in [-0.2, 0) is 11.3 Å². The summed E-state index contributed by atoms with van der Waals surface area (Å²) in [5.41, 5.74) is 9.88. The highest BCUT2D eigenvalue weighted by Crippen LogP contribution is 2.28. The van der Waals surface area contributed by atoms with Gasteiger partial charge in [-0.3, -0.25) is 4.79 Å². The lowest BCUT2D eigenvalue weighted by Gasteiger charge is -2.12. The van der Waals surface area contributed by atoms with Gasteiger partial charge in [0.2, 0.25) is 5.91 Å². The summed E-state index contributed by atoms with van der Waals surface area (Å²) in [7, 11) is 0. The van der Waals surface area contributed by atoms with Crippen LogP contribution in [-0.4, -0.2) is 38.4 Å². The molecule has 0 aliphatic carbocycles. The van der Waals surface area contributed by atoms with Crippen LogP contribution in [0.5, 0.6) is 0 Å². The fraction of sp³-hybridized carbons (Fsp3) is 0.381. The molecule has 3 aromatic rings. The van der Waals surface area contributed by atoms with E-state index in [9.17, 15) is 4.79 Å². The maximum absolute atomic E-state index is 11.7. The Bertz CT molecular complexity index is 1030. The van der Waals surface area contributed by atoms with Crippen molar-refractivity contribution < 1.29 is 4.79 Å². The van der Waals surface area contributed by atoms with E-state index in [0.29, 0.717) is 24.7 Å². The second kappa shape index (κ2) is 7.02. The molecule has 6 heteroatoms. The summed E-state index contributed by atoms with van der Waals surface area (Å²) in [6.45, 7) is 6.78. The molecule has 0 unspecified atom stereocenters. The predicted molar refractivity (Wildman–Crippen MR) is 109 cm³/mol. The fourth-order valence-corrected chi connectivity index (χ4v) is 3.72. The van der Waals surface area contributed by atoms with Crippen LogP contribution in [0.1, 0.15) is 32.3 Å². The Morgan fingerprint density at radius 3 is 2.93 bits per heavy atom. The van der Waals surface area contributed by atoms with Crippen LogP contribution in [0.15, 0.2) is 30.6 Å². The van der Waals surface area contributed by atoms with Crippen LogP contribution in [0.3, 0.4) is 0 Å². The van der Waals surface area contributed by atoms with Gasteiger partial charge >= 0.3 is 0 Å². The Labute approximate surface area is 158 Å². The number of nitrogen functional groups attached to an aromatic ring is 1. The second-order valence-corrected chi connectivity index (χ2v) is 7.61. The topological polar surface area (TPSA) is 77.0 Å². The smallest absolute Gasteiger partial charge is 0.222 e. The highest BCUT2D eigenvalue weighted by atomic mass is 16.2. The number of benzene rings is 1. The molecular formula is C21H25N5O. The highest BCUT2D eigenvalue weighted by Gasteiger charge is 2.18. The monoisotopic (exact) mass is 363 g/mol. The SMILES string of the molecule is CC(C)Cn1cnc2c(N)nc3ccc(C=CCN4CCCC4=O)cc3c21. The first-order chi connectivity index (χ1) is 13.0. The first kappa shape index (κ1) is 17.5. The van der Waals surface area contributed by atoms with Crippen molar-refractivity contribution in [1.29, 1.82) is 0 Å². The Hall–Kier alpha value is -2.89. The van der Waals surface area contributed by atoms with Crippen molar-refractivity contribution in [3.05, 3.63) is 36.2 Å². The Morgan fingerprint density at radius 1 is 1.33 bits per heavy atom. The summed E-state index contributed by atoms with van der Waals surface area (Å²) in [5.74, 6) is 1.22. The van der Waals surface area contributed by atoms with Crippen molar-refractivity contribution in [2.24, 2.45) is 5.92 Å². The number of carbonyl (C=O) groups excluding carboxylic acids is 1. The first-order valence-corrected chi connectivity index (χ1v) is 9.51. The van der Waals surface area contributed by atoms with Crippen LogP contribution < -0.4 is 5.73 Å². The molecule has 4 rings (SSSR count). The summed E-state index contributed by atoms with van der Waals surface area (Å²) in [6.07, 6.45) is 7.61. The lowest BCUT2D eigenvalue weighted by atomic mass is 10.1. The number of aromatic nitrogens is 3. The number of nitrogens with zero attached hydrogens (tertiary/aromatic N) is 4. The molecule has 1 aliphatic rings. The molecular weight excluding hydrogens is 338 g/mol. The molecule has 0 atom stereocenters. The van der Waals surface area contributed by atoms with E-state index in [-0.39, 0.29) is 5.91 Å². The van der Waals surface area contributed by atoms with Crippen LogP contribution in [0, 0.1) is 5.92 Å². The summed E-state index contributed by atoms with van der Waals surface area (Å²) in [5, 5.41) is 1.05. The van der Waals surface area contributed by atoms with Gasteiger partial charge < -0.3 is 15.2 Å². The third-order valence-electron chi connectivity index (χ3n) is 4.97. The molecule has 1 fully saturated rings. The van der Waals surface area contributed by atoms with Gasteiger partial charge in [-0.05, 0) is 30.0 Å². The van der Waals surface area contributed by atoms with Gasteiger partial charge in [-0.2, -0.15) is 0 Å². The van der Waals surface area contributed by atoms with E-state index < -0.39 is 0 Å². The third-order valence-corrected chi connectivity index (χ3v) is 4.97. The summed E-state index contributed by atoms with van der Waals surface area (Å²) >= 11 is 0. The van der Waals surface area contributed by atoms with Crippen molar-refractivity contribution in [2.45, 2.75) is 33.2 Å². The summed E-state index contributed by atoms with van der Waals surface area (Å²) in [6, 6.07) is 6.16. The van der Waals surface area contributed by atoms with Crippen LogP contribution in [0.25, 0.3) is 28.0 Å². The van der Waals surface area contributed by atoms with Crippen molar-refractivity contribution in [3.63, 3.8) is 0 Å². The molecule has 1 aliphatic heterocycles. The van der Waals surface area contributed by atoms with Crippen molar-refractivity contribution in [2.75, 3.05) is 18.8 Å². The minimum absolute atomic E-state index is 0.247. The van der Waals surface area contributed by atoms with Crippen LogP contribution in [0.4, 0.5) is 5.82 Å². The highest BCUT2D eigenvalue weighted by molar-refractivity contribution is 6.06. The van der Waals surface area contributed by atoms with Crippen molar-refractivity contribution in [1.82, 2.24) is 19.4 Å². The number of hydrogen-bond acceptors (Lipinski definition) is 4. The molecule has 1 amide bonds. The van der Waals surface area contributed by atoms with E-state index in [1.165, 1.54) is 0 Å². The number of anilines is 1. The Morgan fingerprint density at radius 2 is 2.19 bits per heavy atom. The lowest BCUT2D eigenvalue weighted by Crippen LogP contribution is -2.24. The van der Waals surface area contributed by atoms with E-state index in [2.05, 4.69) is 46.6 Å². The van der Waals surface area contributed by atoms with E-state index in [1.54, 1.807) is 0 Å². The zero-order chi connectivity index (χ0) is 19.0.